The van der Waals surface area contributed by atoms with Gasteiger partial charge in [-0.1, -0.05) is 0 Å². The first kappa shape index (κ1) is 50.0. The van der Waals surface area contributed by atoms with E-state index in [1.54, 1.807) is 0 Å². The molecule has 0 rings (SSSR count). The maximum Gasteiger partial charge on any atom is 2.00 e. The van der Waals surface area contributed by atoms with Crippen molar-refractivity contribution >= 4 is 54.2 Å². The molecule has 0 bridgehead atoms. The van der Waals surface area contributed by atoms with Crippen LogP contribution in [0.15, 0.2) is 0 Å². The molecule has 0 radical (unpaired) electrons. The van der Waals surface area contributed by atoms with Crippen LogP contribution in [0, 0.1) is 0 Å². The summed E-state index contributed by atoms with van der Waals surface area (Å²) < 4.78 is 102. The van der Waals surface area contributed by atoms with Gasteiger partial charge in [0.15, 0.2) is 0 Å². The monoisotopic (exact) mass is 436 g/mol. The molecule has 0 aromatic rings. The second kappa shape index (κ2) is 24.6. The second-order valence-corrected chi connectivity index (χ2v) is 3.67. The van der Waals surface area contributed by atoms with Crippen molar-refractivity contribution in [3.63, 3.8) is 0 Å². The van der Waals surface area contributed by atoms with Gasteiger partial charge in [0.2, 0.25) is 0 Å². The summed E-state index contributed by atoms with van der Waals surface area (Å²) in [5.41, 5.74) is 0. The molecule has 0 spiro atoms. The minimum absolute atomic E-state index is 0. The van der Waals surface area contributed by atoms with Gasteiger partial charge in [-0.25, -0.2) is 0 Å². The van der Waals surface area contributed by atoms with E-state index in [0.29, 0.717) is 0 Å². The van der Waals surface area contributed by atoms with Crippen LogP contribution in [0.5, 0.6) is 0 Å². The summed E-state index contributed by atoms with van der Waals surface area (Å²) >= 11 is 0. The molecule has 20 heteroatoms. The molecule has 96 valence electrons. The quantitative estimate of drug-likeness (QED) is 0.195. The molecule has 0 aliphatic carbocycles. The van der Waals surface area contributed by atoms with E-state index in [2.05, 4.69) is 0 Å². The van der Waals surface area contributed by atoms with Crippen molar-refractivity contribution < 1.29 is 214 Å². The Hall–Kier alpha value is 5.65. The first-order valence-corrected chi connectivity index (χ1v) is 6.00. The van der Waals surface area contributed by atoms with E-state index in [1.807, 2.05) is 0 Å². The van der Waals surface area contributed by atoms with E-state index in [9.17, 15) is 0 Å². The molecule has 0 atom stereocenters. The van der Waals surface area contributed by atoms with E-state index in [-0.39, 0.29) is 185 Å². The molecular weight excluding hydrogens is 437 g/mol. The van der Waals surface area contributed by atoms with Crippen molar-refractivity contribution in [3.8, 4) is 0 Å². The molecule has 0 saturated carbocycles. The van der Waals surface area contributed by atoms with Crippen molar-refractivity contribution in [1.82, 2.24) is 0 Å². The third-order valence-corrected chi connectivity index (χ3v) is 0. The number of hydrogen-bond acceptors (Lipinski definition) is 12. The van der Waals surface area contributed by atoms with Gasteiger partial charge < -0.3 is 27.3 Å². The summed E-state index contributed by atoms with van der Waals surface area (Å²) in [5.74, 6) is 0. The minimum atomic E-state index is -5.17. The summed E-state index contributed by atoms with van der Waals surface area (Å²) in [5, 5.41) is 0. The third-order valence-electron chi connectivity index (χ3n) is 0. The van der Waals surface area contributed by atoms with Crippen molar-refractivity contribution in [3.05, 3.63) is 0 Å². The van der Waals surface area contributed by atoms with E-state index in [0.717, 1.165) is 0 Å². The smallest absolute Gasteiger partial charge is 0.759 e. The zero-order chi connectivity index (χ0) is 13.5. The average molecular weight is 437 g/mol. The SMILES string of the molecule is O=S(=O)([O-])[O-].O=S(=O)([O-])[O-].O=S(=O)([O-])[O-].[K+].[K+].[Mg+2].[Na+].[Na+]. The molecule has 0 fully saturated rings. The van der Waals surface area contributed by atoms with E-state index in [1.165, 1.54) is 0 Å². The number of rotatable bonds is 0. The fraction of sp³-hybridized carbons (Fsp3) is 0. The van der Waals surface area contributed by atoms with Crippen LogP contribution in [0.1, 0.15) is 0 Å². The topological polar surface area (TPSA) is 241 Å². The van der Waals surface area contributed by atoms with Crippen LogP contribution < -0.4 is 162 Å². The van der Waals surface area contributed by atoms with Gasteiger partial charge in [-0.3, -0.25) is 25.3 Å². The molecule has 0 saturated heterocycles. The van der Waals surface area contributed by atoms with E-state index >= 15 is 0 Å². The molecule has 0 aromatic carbocycles. The van der Waals surface area contributed by atoms with Crippen molar-refractivity contribution in [2.45, 2.75) is 0 Å². The maximum atomic E-state index is 8.52. The zero-order valence-corrected chi connectivity index (χ0v) is 24.9. The Labute approximate surface area is 261 Å². The van der Waals surface area contributed by atoms with Gasteiger partial charge >= 0.3 is 185 Å². The Morgan fingerprint density at radius 3 is 0.450 bits per heavy atom. The predicted molar refractivity (Wildman–Crippen MR) is 37.2 cm³/mol. The van der Waals surface area contributed by atoms with Crippen LogP contribution in [0.4, 0.5) is 0 Å². The van der Waals surface area contributed by atoms with Crippen LogP contribution in [0.3, 0.4) is 0 Å². The Morgan fingerprint density at radius 1 is 0.450 bits per heavy atom. The molecule has 12 nitrogen and oxygen atoms in total. The average Bonchev–Trinajstić information content (AvgIpc) is 1.41. The van der Waals surface area contributed by atoms with Crippen LogP contribution in [-0.2, 0) is 31.2 Å². The molecule has 0 aliphatic rings. The number of hydrogen-bond donors (Lipinski definition) is 0. The van der Waals surface area contributed by atoms with Gasteiger partial charge in [0.1, 0.15) is 0 Å². The Balaban J connectivity index is -0.0000000160. The molecule has 0 aromatic heterocycles. The fourth-order valence-corrected chi connectivity index (χ4v) is 0. The third kappa shape index (κ3) is 380. The van der Waals surface area contributed by atoms with E-state index < -0.39 is 31.2 Å². The summed E-state index contributed by atoms with van der Waals surface area (Å²) in [7, 11) is -15.5. The zero-order valence-electron chi connectivity index (χ0n) is 10.8. The standard InChI is InChI=1S/2K.Mg.2Na.3H2O4S/c;;;;;3*1-5(2,3)4/h;;;;;3*(H2,1,2,3,4)/q2*+1;+2;2*+1;;;/p-6. The van der Waals surface area contributed by atoms with Crippen LogP contribution in [-0.4, -0.2) is 75.6 Å². The van der Waals surface area contributed by atoms with Crippen molar-refractivity contribution in [2.75, 3.05) is 0 Å². The van der Waals surface area contributed by atoms with E-state index in [4.69, 9.17) is 52.6 Å². The van der Waals surface area contributed by atoms with Gasteiger partial charge in [0.05, 0.1) is 0 Å². The van der Waals surface area contributed by atoms with Crippen LogP contribution in [0.25, 0.3) is 0 Å². The van der Waals surface area contributed by atoms with Gasteiger partial charge in [-0.05, 0) is 0 Å². The Kier molecular flexibility index (Phi) is 61.7. The summed E-state index contributed by atoms with van der Waals surface area (Å²) in [4.78, 5) is 0. The van der Waals surface area contributed by atoms with Gasteiger partial charge in [0, 0.05) is 31.2 Å². The van der Waals surface area contributed by atoms with Crippen molar-refractivity contribution in [2.24, 2.45) is 0 Å². The van der Waals surface area contributed by atoms with Crippen LogP contribution >= 0.6 is 0 Å². The first-order valence-electron chi connectivity index (χ1n) is 2.00. The minimum Gasteiger partial charge on any atom is -0.759 e. The summed E-state index contributed by atoms with van der Waals surface area (Å²) in [6.45, 7) is 0. The van der Waals surface area contributed by atoms with Crippen LogP contribution in [0.2, 0.25) is 0 Å². The predicted octanol–water partition coefficient (Wildman–Crippen LogP) is -16.4. The Morgan fingerprint density at radius 2 is 0.450 bits per heavy atom. The Bertz CT molecular complexity index is 356. The fourth-order valence-electron chi connectivity index (χ4n) is 0. The summed E-state index contributed by atoms with van der Waals surface area (Å²) in [6.07, 6.45) is 0. The van der Waals surface area contributed by atoms with Gasteiger partial charge in [-0.2, -0.15) is 0 Å². The molecule has 0 aliphatic heterocycles. The molecule has 20 heavy (non-hydrogen) atoms. The molecule has 0 N–H and O–H groups in total. The molecule has 0 amide bonds. The van der Waals surface area contributed by atoms with Gasteiger partial charge in [-0.15, -0.1) is 0 Å². The molecular formula is K2MgNa2O12S3. The van der Waals surface area contributed by atoms with Gasteiger partial charge in [0.25, 0.3) is 0 Å². The summed E-state index contributed by atoms with van der Waals surface area (Å²) in [6, 6.07) is 0. The maximum absolute atomic E-state index is 8.52. The first-order chi connectivity index (χ1) is 6.00. The normalized spacial score (nSPS) is 8.70. The largest absolute Gasteiger partial charge is 2.00 e. The second-order valence-electron chi connectivity index (χ2n) is 1.22. The van der Waals surface area contributed by atoms with Crippen molar-refractivity contribution in [1.29, 1.82) is 0 Å². The molecule has 0 heterocycles. The molecule has 0 unspecified atom stereocenters.